The zero-order valence-corrected chi connectivity index (χ0v) is 19.9. The summed E-state index contributed by atoms with van der Waals surface area (Å²) in [6.45, 7) is 20.5. The largest absolute Gasteiger partial charge is 0.464 e. The fourth-order valence-corrected chi connectivity index (χ4v) is 4.95. The van der Waals surface area contributed by atoms with Crippen LogP contribution in [0.2, 0.25) is 39.3 Å². The molecule has 7 nitrogen and oxygen atoms in total. The van der Waals surface area contributed by atoms with Gasteiger partial charge in [-0.1, -0.05) is 0 Å². The minimum absolute atomic E-state index is 0.241. The molecule has 150 valence electrons. The average Bonchev–Trinajstić information content (AvgIpc) is 2.88. The Balaban J connectivity index is 3.24. The van der Waals surface area contributed by atoms with Crippen molar-refractivity contribution in [2.24, 2.45) is 0 Å². The number of hydrogen-bond acceptors (Lipinski definition) is 6. The van der Waals surface area contributed by atoms with Gasteiger partial charge in [0.05, 0.1) is 6.61 Å². The number of carbonyl (C=O) groups is 1. The summed E-state index contributed by atoms with van der Waals surface area (Å²) < 4.78 is 19.1. The van der Waals surface area contributed by atoms with Gasteiger partial charge in [0.25, 0.3) is 0 Å². The van der Waals surface area contributed by atoms with Crippen molar-refractivity contribution in [2.75, 3.05) is 6.61 Å². The van der Waals surface area contributed by atoms with Gasteiger partial charge in [-0.15, -0.1) is 0 Å². The summed E-state index contributed by atoms with van der Waals surface area (Å²) in [6, 6.07) is -0.571. The van der Waals surface area contributed by atoms with Crippen molar-refractivity contribution in [3.63, 3.8) is 0 Å². The number of ether oxygens (including phenoxy) is 1. The molecule has 0 bridgehead atoms. The lowest BCUT2D eigenvalue weighted by molar-refractivity contribution is -0.147. The molecule has 1 aromatic rings. The van der Waals surface area contributed by atoms with E-state index in [-0.39, 0.29) is 18.2 Å². The van der Waals surface area contributed by atoms with Crippen LogP contribution < -0.4 is 0 Å². The first-order valence-corrected chi connectivity index (χ1v) is 16.1. The molecule has 0 aliphatic rings. The zero-order valence-electron chi connectivity index (χ0n) is 17.9. The molecule has 0 fully saturated rings. The maximum Gasteiger partial charge on any atom is 0.330 e. The molecular formula is C17H35N3O4Si2. The lowest BCUT2D eigenvalue weighted by Crippen LogP contribution is -2.30. The van der Waals surface area contributed by atoms with E-state index in [2.05, 4.69) is 49.4 Å². The average molecular weight is 402 g/mol. The van der Waals surface area contributed by atoms with E-state index < -0.39 is 22.7 Å². The quantitative estimate of drug-likeness (QED) is 0.455. The highest BCUT2D eigenvalue weighted by molar-refractivity contribution is 6.70. The van der Waals surface area contributed by atoms with Crippen molar-refractivity contribution in [3.8, 4) is 0 Å². The van der Waals surface area contributed by atoms with Crippen molar-refractivity contribution in [3.05, 3.63) is 11.6 Å². The molecule has 1 aromatic heterocycles. The molecule has 3 atom stereocenters. The third-order valence-corrected chi connectivity index (χ3v) is 5.58. The third kappa shape index (κ3) is 6.94. The van der Waals surface area contributed by atoms with Crippen LogP contribution in [0, 0.1) is 0 Å². The Morgan fingerprint density at radius 1 is 1.00 bits per heavy atom. The maximum atomic E-state index is 12.2. The normalized spacial score (nSPS) is 16.2. The van der Waals surface area contributed by atoms with E-state index in [1.54, 1.807) is 18.5 Å². The van der Waals surface area contributed by atoms with Crippen LogP contribution in [-0.4, -0.2) is 44.0 Å². The Morgan fingerprint density at radius 3 is 1.96 bits per heavy atom. The maximum absolute atomic E-state index is 12.2. The summed E-state index contributed by atoms with van der Waals surface area (Å²) in [5.74, 6) is 0.878. The highest BCUT2D eigenvalue weighted by atomic mass is 28.4. The summed E-state index contributed by atoms with van der Waals surface area (Å²) in [5.41, 5.74) is 0. The number of nitrogens with zero attached hydrogens (tertiary/aromatic N) is 3. The van der Waals surface area contributed by atoms with Gasteiger partial charge in [0.1, 0.15) is 18.2 Å². The van der Waals surface area contributed by atoms with Crippen molar-refractivity contribution in [2.45, 2.75) is 85.2 Å². The number of aromatic nitrogens is 3. The third-order valence-electron chi connectivity index (χ3n) is 3.46. The molecule has 1 heterocycles. The van der Waals surface area contributed by atoms with Gasteiger partial charge in [0, 0.05) is 0 Å². The van der Waals surface area contributed by atoms with Crippen molar-refractivity contribution in [1.29, 1.82) is 0 Å². The summed E-state index contributed by atoms with van der Waals surface area (Å²) in [5, 5.41) is 4.59. The Hall–Kier alpha value is -1.04. The Bertz CT molecular complexity index is 608. The van der Waals surface area contributed by atoms with Gasteiger partial charge in [-0.3, -0.25) is 0 Å². The second kappa shape index (κ2) is 8.77. The number of hydrogen-bond donors (Lipinski definition) is 0. The molecule has 3 unspecified atom stereocenters. The van der Waals surface area contributed by atoms with E-state index in [1.807, 2.05) is 13.8 Å². The molecule has 0 amide bonds. The van der Waals surface area contributed by atoms with Crippen LogP contribution in [0.3, 0.4) is 0 Å². The SMILES string of the molecule is CCOC(=O)C(C)n1nc(C(C)O[Si](C)(C)C)nc1C(C)O[Si](C)(C)C. The molecule has 0 N–H and O–H groups in total. The number of rotatable bonds is 9. The van der Waals surface area contributed by atoms with E-state index in [0.29, 0.717) is 18.3 Å². The first-order valence-electron chi connectivity index (χ1n) is 9.23. The summed E-state index contributed by atoms with van der Waals surface area (Å²) in [7, 11) is -3.52. The van der Waals surface area contributed by atoms with Gasteiger partial charge >= 0.3 is 5.97 Å². The topological polar surface area (TPSA) is 75.5 Å². The number of esters is 1. The smallest absolute Gasteiger partial charge is 0.330 e. The minimum atomic E-state index is -1.78. The van der Waals surface area contributed by atoms with E-state index in [0.717, 1.165) is 0 Å². The Morgan fingerprint density at radius 2 is 1.50 bits per heavy atom. The van der Waals surface area contributed by atoms with Crippen molar-refractivity contribution < 1.29 is 18.4 Å². The molecule has 0 aliphatic heterocycles. The van der Waals surface area contributed by atoms with Crippen LogP contribution in [0.1, 0.15) is 57.6 Å². The highest BCUT2D eigenvalue weighted by Crippen LogP contribution is 2.26. The molecule has 26 heavy (non-hydrogen) atoms. The molecule has 0 radical (unpaired) electrons. The zero-order chi connectivity index (χ0) is 20.3. The fourth-order valence-electron chi connectivity index (χ4n) is 2.62. The summed E-state index contributed by atoms with van der Waals surface area (Å²) in [4.78, 5) is 16.9. The van der Waals surface area contributed by atoms with Crippen LogP contribution in [0.5, 0.6) is 0 Å². The standard InChI is InChI=1S/C17H35N3O4Si2/c1-11-22-17(21)12(2)20-16(14(4)24-26(8,9)10)18-15(19-20)13(3)23-25(5,6)7/h12-14H,11H2,1-10H3. The first-order chi connectivity index (χ1) is 11.7. The molecule has 0 saturated heterocycles. The van der Waals surface area contributed by atoms with Gasteiger partial charge < -0.3 is 13.6 Å². The van der Waals surface area contributed by atoms with Crippen molar-refractivity contribution in [1.82, 2.24) is 14.8 Å². The highest BCUT2D eigenvalue weighted by Gasteiger charge is 2.30. The van der Waals surface area contributed by atoms with Gasteiger partial charge in [-0.05, 0) is 67.0 Å². The van der Waals surface area contributed by atoms with Crippen LogP contribution >= 0.6 is 0 Å². The van der Waals surface area contributed by atoms with E-state index in [4.69, 9.17) is 13.6 Å². The van der Waals surface area contributed by atoms with Crippen LogP contribution in [0.25, 0.3) is 0 Å². The second-order valence-corrected chi connectivity index (χ2v) is 17.4. The van der Waals surface area contributed by atoms with E-state index in [9.17, 15) is 4.79 Å². The molecule has 0 aromatic carbocycles. The lowest BCUT2D eigenvalue weighted by Gasteiger charge is -2.24. The molecule has 9 heteroatoms. The number of carbonyl (C=O) groups excluding carboxylic acids is 1. The van der Waals surface area contributed by atoms with E-state index >= 15 is 0 Å². The predicted octanol–water partition coefficient (Wildman–Crippen LogP) is 4.23. The fraction of sp³-hybridized carbons (Fsp3) is 0.824. The molecular weight excluding hydrogens is 366 g/mol. The van der Waals surface area contributed by atoms with E-state index in [1.165, 1.54) is 0 Å². The minimum Gasteiger partial charge on any atom is -0.464 e. The van der Waals surface area contributed by atoms with Gasteiger partial charge in [0.2, 0.25) is 0 Å². The summed E-state index contributed by atoms with van der Waals surface area (Å²) >= 11 is 0. The first kappa shape index (κ1) is 23.0. The van der Waals surface area contributed by atoms with Gasteiger partial charge in [-0.25, -0.2) is 14.5 Å². The predicted molar refractivity (Wildman–Crippen MR) is 107 cm³/mol. The summed E-state index contributed by atoms with van der Waals surface area (Å²) in [6.07, 6.45) is -0.506. The molecule has 0 spiro atoms. The molecule has 0 aliphatic carbocycles. The van der Waals surface area contributed by atoms with Gasteiger partial charge in [-0.2, -0.15) is 5.10 Å². The van der Waals surface area contributed by atoms with Crippen LogP contribution in [0.4, 0.5) is 0 Å². The van der Waals surface area contributed by atoms with Crippen molar-refractivity contribution >= 4 is 22.6 Å². The Kier molecular flexibility index (Phi) is 7.76. The van der Waals surface area contributed by atoms with Crippen LogP contribution in [0.15, 0.2) is 0 Å². The Labute approximate surface area is 159 Å². The van der Waals surface area contributed by atoms with Crippen LogP contribution in [-0.2, 0) is 18.4 Å². The lowest BCUT2D eigenvalue weighted by atomic mass is 10.3. The molecule has 0 saturated carbocycles. The second-order valence-electron chi connectivity index (χ2n) is 8.45. The molecule has 1 rings (SSSR count). The van der Waals surface area contributed by atoms with Gasteiger partial charge in [0.15, 0.2) is 28.3 Å². The monoisotopic (exact) mass is 401 g/mol.